The standard InChI is InChI=1S/C11H9BrF2/c12-11(13,14)9-5-4-8-10-6-2-1-3-7-10/h1-3,6-7H,4,8H2. The quantitative estimate of drug-likeness (QED) is 0.562. The van der Waals surface area contributed by atoms with E-state index in [0.29, 0.717) is 12.8 Å². The SMILES string of the molecule is FC(F)(Br)C#CCCc1ccccc1. The Hall–Kier alpha value is -0.880. The normalized spacial score (nSPS) is 10.5. The summed E-state index contributed by atoms with van der Waals surface area (Å²) in [6.07, 6.45) is 1.15. The Labute approximate surface area is 90.5 Å². The van der Waals surface area contributed by atoms with Crippen molar-refractivity contribution >= 4 is 15.9 Å². The minimum Gasteiger partial charge on any atom is -0.180 e. The van der Waals surface area contributed by atoms with Crippen LogP contribution >= 0.6 is 15.9 Å². The minimum absolute atomic E-state index is 0.450. The number of rotatable bonds is 2. The molecule has 0 saturated carbocycles. The minimum atomic E-state index is -3.05. The van der Waals surface area contributed by atoms with Gasteiger partial charge in [0.1, 0.15) is 0 Å². The molecule has 1 aromatic carbocycles. The van der Waals surface area contributed by atoms with Crippen molar-refractivity contribution in [2.75, 3.05) is 0 Å². The van der Waals surface area contributed by atoms with Gasteiger partial charge in [-0.05, 0) is 17.9 Å². The third kappa shape index (κ3) is 4.98. The first kappa shape index (κ1) is 11.2. The van der Waals surface area contributed by atoms with Gasteiger partial charge in [0, 0.05) is 22.4 Å². The molecule has 0 spiro atoms. The molecule has 0 unspecified atom stereocenters. The molecule has 0 nitrogen and oxygen atoms in total. The van der Waals surface area contributed by atoms with Crippen LogP contribution in [0.25, 0.3) is 0 Å². The molecule has 1 rings (SSSR count). The van der Waals surface area contributed by atoms with E-state index in [1.165, 1.54) is 0 Å². The first-order chi connectivity index (χ1) is 6.58. The maximum atomic E-state index is 12.2. The Morgan fingerprint density at radius 1 is 1.21 bits per heavy atom. The number of aryl methyl sites for hydroxylation is 1. The third-order valence-corrected chi connectivity index (χ3v) is 1.81. The van der Waals surface area contributed by atoms with E-state index < -0.39 is 4.83 Å². The van der Waals surface area contributed by atoms with E-state index in [2.05, 4.69) is 21.9 Å². The summed E-state index contributed by atoms with van der Waals surface area (Å²) in [5.41, 5.74) is 1.11. The summed E-state index contributed by atoms with van der Waals surface area (Å²) < 4.78 is 24.4. The second kappa shape index (κ2) is 5.11. The molecule has 0 bridgehead atoms. The number of hydrogen-bond acceptors (Lipinski definition) is 0. The predicted molar refractivity (Wildman–Crippen MR) is 56.4 cm³/mol. The lowest BCUT2D eigenvalue weighted by Gasteiger charge is -1.96. The predicted octanol–water partition coefficient (Wildman–Crippen LogP) is 3.61. The molecule has 0 saturated heterocycles. The fourth-order valence-corrected chi connectivity index (χ4v) is 1.15. The van der Waals surface area contributed by atoms with Gasteiger partial charge in [-0.3, -0.25) is 0 Å². The number of benzene rings is 1. The first-order valence-electron chi connectivity index (χ1n) is 4.18. The van der Waals surface area contributed by atoms with Crippen LogP contribution in [-0.4, -0.2) is 4.83 Å². The summed E-state index contributed by atoms with van der Waals surface area (Å²) >= 11 is 2.16. The Bertz CT molecular complexity index is 330. The van der Waals surface area contributed by atoms with Crippen molar-refractivity contribution in [3.63, 3.8) is 0 Å². The monoisotopic (exact) mass is 258 g/mol. The molecule has 1 aromatic rings. The van der Waals surface area contributed by atoms with Gasteiger partial charge in [-0.15, -0.1) is 0 Å². The second-order valence-electron chi connectivity index (χ2n) is 2.79. The topological polar surface area (TPSA) is 0 Å². The summed E-state index contributed by atoms with van der Waals surface area (Å²) in [5, 5.41) is 0. The van der Waals surface area contributed by atoms with E-state index in [1.807, 2.05) is 36.3 Å². The van der Waals surface area contributed by atoms with Crippen LogP contribution in [-0.2, 0) is 6.42 Å². The van der Waals surface area contributed by atoms with E-state index in [9.17, 15) is 8.78 Å². The van der Waals surface area contributed by atoms with Gasteiger partial charge in [0.25, 0.3) is 0 Å². The van der Waals surface area contributed by atoms with Gasteiger partial charge in [0.15, 0.2) is 0 Å². The molecule has 0 radical (unpaired) electrons. The number of alkyl halides is 3. The summed E-state index contributed by atoms with van der Waals surface area (Å²) in [7, 11) is 0. The highest BCUT2D eigenvalue weighted by molar-refractivity contribution is 9.10. The average molecular weight is 259 g/mol. The van der Waals surface area contributed by atoms with Crippen LogP contribution < -0.4 is 0 Å². The lowest BCUT2D eigenvalue weighted by Crippen LogP contribution is -1.98. The van der Waals surface area contributed by atoms with Crippen molar-refractivity contribution in [1.29, 1.82) is 0 Å². The van der Waals surface area contributed by atoms with Crippen LogP contribution in [0.3, 0.4) is 0 Å². The zero-order valence-electron chi connectivity index (χ0n) is 7.43. The van der Waals surface area contributed by atoms with Crippen molar-refractivity contribution < 1.29 is 8.78 Å². The summed E-state index contributed by atoms with van der Waals surface area (Å²) in [6.45, 7) is 0. The fraction of sp³-hybridized carbons (Fsp3) is 0.273. The Balaban J connectivity index is 2.39. The van der Waals surface area contributed by atoms with Crippen LogP contribution in [0.2, 0.25) is 0 Å². The maximum Gasteiger partial charge on any atom is 0.363 e. The molecule has 0 N–H and O–H groups in total. The Kier molecular flexibility index (Phi) is 4.09. The van der Waals surface area contributed by atoms with E-state index in [1.54, 1.807) is 0 Å². The molecule has 0 fully saturated rings. The first-order valence-corrected chi connectivity index (χ1v) is 4.98. The van der Waals surface area contributed by atoms with Crippen LogP contribution in [0.1, 0.15) is 12.0 Å². The van der Waals surface area contributed by atoms with E-state index >= 15 is 0 Å². The summed E-state index contributed by atoms with van der Waals surface area (Å²) in [5.74, 6) is 4.25. The molecule has 14 heavy (non-hydrogen) atoms. The Morgan fingerprint density at radius 2 is 1.86 bits per heavy atom. The fourth-order valence-electron chi connectivity index (χ4n) is 1.01. The largest absolute Gasteiger partial charge is 0.363 e. The van der Waals surface area contributed by atoms with Gasteiger partial charge in [-0.25, -0.2) is 0 Å². The van der Waals surface area contributed by atoms with Gasteiger partial charge >= 0.3 is 4.83 Å². The van der Waals surface area contributed by atoms with Gasteiger partial charge in [-0.2, -0.15) is 8.78 Å². The van der Waals surface area contributed by atoms with Crippen molar-refractivity contribution in [3.8, 4) is 11.8 Å². The van der Waals surface area contributed by atoms with Gasteiger partial charge in [0.2, 0.25) is 0 Å². The Morgan fingerprint density at radius 3 is 2.43 bits per heavy atom. The third-order valence-electron chi connectivity index (χ3n) is 1.61. The van der Waals surface area contributed by atoms with Crippen molar-refractivity contribution in [3.05, 3.63) is 35.9 Å². The molecule has 74 valence electrons. The molecule has 0 heterocycles. The molecule has 0 amide bonds. The van der Waals surface area contributed by atoms with Crippen LogP contribution in [0.4, 0.5) is 8.78 Å². The van der Waals surface area contributed by atoms with E-state index in [4.69, 9.17) is 0 Å². The van der Waals surface area contributed by atoms with Crippen molar-refractivity contribution in [1.82, 2.24) is 0 Å². The van der Waals surface area contributed by atoms with Gasteiger partial charge < -0.3 is 0 Å². The molecule has 0 aliphatic rings. The van der Waals surface area contributed by atoms with E-state index in [-0.39, 0.29) is 0 Å². The summed E-state index contributed by atoms with van der Waals surface area (Å²) in [4.78, 5) is -3.05. The molecule has 0 aromatic heterocycles. The highest BCUT2D eigenvalue weighted by Gasteiger charge is 2.18. The molecule has 3 heteroatoms. The summed E-state index contributed by atoms with van der Waals surface area (Å²) in [6, 6.07) is 9.66. The number of hydrogen-bond donors (Lipinski definition) is 0. The van der Waals surface area contributed by atoms with Crippen LogP contribution in [0.5, 0.6) is 0 Å². The second-order valence-corrected chi connectivity index (χ2v) is 3.78. The maximum absolute atomic E-state index is 12.2. The van der Waals surface area contributed by atoms with Gasteiger partial charge in [-0.1, -0.05) is 36.3 Å². The van der Waals surface area contributed by atoms with Crippen LogP contribution in [0, 0.1) is 11.8 Å². The van der Waals surface area contributed by atoms with Crippen molar-refractivity contribution in [2.45, 2.75) is 17.7 Å². The molecule has 0 atom stereocenters. The lowest BCUT2D eigenvalue weighted by molar-refractivity contribution is 0.182. The zero-order valence-corrected chi connectivity index (χ0v) is 9.02. The molecular formula is C11H9BrF2. The number of halogens is 3. The molecule has 0 aliphatic heterocycles. The molecular weight excluding hydrogens is 250 g/mol. The highest BCUT2D eigenvalue weighted by Crippen LogP contribution is 2.19. The van der Waals surface area contributed by atoms with E-state index in [0.717, 1.165) is 5.56 Å². The average Bonchev–Trinajstić information content (AvgIpc) is 2.13. The zero-order chi connectivity index (χ0) is 10.4. The highest BCUT2D eigenvalue weighted by atomic mass is 79.9. The molecule has 0 aliphatic carbocycles. The van der Waals surface area contributed by atoms with Crippen molar-refractivity contribution in [2.24, 2.45) is 0 Å². The lowest BCUT2D eigenvalue weighted by atomic mass is 10.1. The van der Waals surface area contributed by atoms with Crippen LogP contribution in [0.15, 0.2) is 30.3 Å². The van der Waals surface area contributed by atoms with Gasteiger partial charge in [0.05, 0.1) is 0 Å². The smallest absolute Gasteiger partial charge is 0.180 e.